The molecule has 25 heavy (non-hydrogen) atoms. The van der Waals surface area contributed by atoms with Crippen LogP contribution in [0.3, 0.4) is 0 Å². The van der Waals surface area contributed by atoms with Crippen molar-refractivity contribution in [3.63, 3.8) is 0 Å². The zero-order chi connectivity index (χ0) is 18.2. The van der Waals surface area contributed by atoms with Crippen molar-refractivity contribution >= 4 is 6.09 Å². The van der Waals surface area contributed by atoms with E-state index in [0.717, 1.165) is 5.56 Å². The second-order valence-electron chi connectivity index (χ2n) is 7.79. The molecule has 0 aromatic heterocycles. The summed E-state index contributed by atoms with van der Waals surface area (Å²) in [5, 5.41) is 10.6. The van der Waals surface area contributed by atoms with Gasteiger partial charge in [0.1, 0.15) is 22.7 Å². The fourth-order valence-electron chi connectivity index (χ4n) is 3.45. The van der Waals surface area contributed by atoms with E-state index < -0.39 is 17.3 Å². The Balaban J connectivity index is 1.76. The first-order valence-corrected chi connectivity index (χ1v) is 8.83. The standard InChI is InChI=1S/C19H27NO5/c1-5-23-13-6-7-14-15(21)11-19(24-16(14)10-13)8-9-20(12-19)17(22)25-18(2,3)4/h6-7,10,15,21H,5,8-9,11-12H2,1-4H3/t15-,19+/m0/s1. The van der Waals surface area contributed by atoms with Gasteiger partial charge in [0.15, 0.2) is 0 Å². The van der Waals surface area contributed by atoms with E-state index in [0.29, 0.717) is 44.0 Å². The van der Waals surface area contributed by atoms with E-state index in [1.807, 2.05) is 45.9 Å². The molecule has 2 aliphatic rings. The summed E-state index contributed by atoms with van der Waals surface area (Å²) in [5.41, 5.74) is -0.336. The first kappa shape index (κ1) is 17.9. The molecule has 6 heteroatoms. The number of ether oxygens (including phenoxy) is 3. The monoisotopic (exact) mass is 349 g/mol. The molecule has 1 amide bonds. The predicted octanol–water partition coefficient (Wildman–Crippen LogP) is 3.28. The Morgan fingerprint density at radius 3 is 2.88 bits per heavy atom. The molecule has 1 fully saturated rings. The zero-order valence-corrected chi connectivity index (χ0v) is 15.4. The molecule has 0 bridgehead atoms. The topological polar surface area (TPSA) is 68.2 Å². The lowest BCUT2D eigenvalue weighted by molar-refractivity contribution is -0.0133. The minimum Gasteiger partial charge on any atom is -0.494 e. The minimum absolute atomic E-state index is 0.337. The van der Waals surface area contributed by atoms with Crippen LogP contribution in [0, 0.1) is 0 Å². The van der Waals surface area contributed by atoms with E-state index in [4.69, 9.17) is 14.2 Å². The van der Waals surface area contributed by atoms with Crippen LogP contribution in [0.5, 0.6) is 11.5 Å². The third-order valence-corrected chi connectivity index (χ3v) is 4.51. The SMILES string of the molecule is CCOc1ccc2c(c1)O[C@]1(CCN(C(=O)OC(C)(C)C)C1)C[C@@H]2O. The Labute approximate surface area is 148 Å². The van der Waals surface area contributed by atoms with Crippen LogP contribution in [0.4, 0.5) is 4.79 Å². The highest BCUT2D eigenvalue weighted by Crippen LogP contribution is 2.45. The van der Waals surface area contributed by atoms with Gasteiger partial charge in [-0.15, -0.1) is 0 Å². The summed E-state index contributed by atoms with van der Waals surface area (Å²) in [4.78, 5) is 14.0. The van der Waals surface area contributed by atoms with Crippen LogP contribution in [-0.4, -0.2) is 47.0 Å². The van der Waals surface area contributed by atoms with E-state index in [1.54, 1.807) is 4.90 Å². The van der Waals surface area contributed by atoms with Gasteiger partial charge >= 0.3 is 6.09 Å². The molecule has 138 valence electrons. The Kier molecular flexibility index (Phi) is 4.58. The number of carbonyl (C=O) groups excluding carboxylic acids is 1. The Hall–Kier alpha value is -1.95. The van der Waals surface area contributed by atoms with Gasteiger partial charge in [0.05, 0.1) is 19.3 Å². The first-order chi connectivity index (χ1) is 11.7. The van der Waals surface area contributed by atoms with Gasteiger partial charge in [-0.1, -0.05) is 0 Å². The molecular weight excluding hydrogens is 322 g/mol. The zero-order valence-electron chi connectivity index (χ0n) is 15.4. The summed E-state index contributed by atoms with van der Waals surface area (Å²) in [6, 6.07) is 5.51. The van der Waals surface area contributed by atoms with E-state index in [-0.39, 0.29) is 6.09 Å². The molecule has 0 radical (unpaired) electrons. The van der Waals surface area contributed by atoms with Crippen LogP contribution < -0.4 is 9.47 Å². The third-order valence-electron chi connectivity index (χ3n) is 4.51. The maximum Gasteiger partial charge on any atom is 0.410 e. The van der Waals surface area contributed by atoms with Gasteiger partial charge in [-0.05, 0) is 39.8 Å². The molecule has 1 spiro atoms. The molecular formula is C19H27NO5. The third kappa shape index (κ3) is 3.84. The van der Waals surface area contributed by atoms with Crippen LogP contribution in [-0.2, 0) is 4.74 Å². The molecule has 0 aliphatic carbocycles. The van der Waals surface area contributed by atoms with E-state index in [9.17, 15) is 9.90 Å². The summed E-state index contributed by atoms with van der Waals surface area (Å²) < 4.78 is 17.2. The lowest BCUT2D eigenvalue weighted by Crippen LogP contribution is -2.45. The predicted molar refractivity (Wildman–Crippen MR) is 93.0 cm³/mol. The molecule has 1 saturated heterocycles. The number of fused-ring (bicyclic) bond motifs is 1. The van der Waals surface area contributed by atoms with Gasteiger partial charge in [-0.25, -0.2) is 4.79 Å². The summed E-state index contributed by atoms with van der Waals surface area (Å²) in [6.07, 6.45) is 0.184. The molecule has 2 atom stereocenters. The van der Waals surface area contributed by atoms with Crippen molar-refractivity contribution in [3.8, 4) is 11.5 Å². The van der Waals surface area contributed by atoms with Gasteiger partial charge in [-0.3, -0.25) is 0 Å². The van der Waals surface area contributed by atoms with Crippen LogP contribution in [0.15, 0.2) is 18.2 Å². The van der Waals surface area contributed by atoms with Crippen molar-refractivity contribution in [2.24, 2.45) is 0 Å². The van der Waals surface area contributed by atoms with E-state index in [1.165, 1.54) is 0 Å². The number of hydrogen-bond acceptors (Lipinski definition) is 5. The molecule has 0 saturated carbocycles. The summed E-state index contributed by atoms with van der Waals surface area (Å²) in [7, 11) is 0. The average molecular weight is 349 g/mol. The Morgan fingerprint density at radius 1 is 1.44 bits per heavy atom. The molecule has 3 rings (SSSR count). The summed E-state index contributed by atoms with van der Waals surface area (Å²) >= 11 is 0. The number of carbonyl (C=O) groups is 1. The largest absolute Gasteiger partial charge is 0.494 e. The van der Waals surface area contributed by atoms with Crippen LogP contribution >= 0.6 is 0 Å². The molecule has 0 unspecified atom stereocenters. The quantitative estimate of drug-likeness (QED) is 0.887. The first-order valence-electron chi connectivity index (χ1n) is 8.83. The lowest BCUT2D eigenvalue weighted by atomic mass is 9.88. The smallest absolute Gasteiger partial charge is 0.410 e. The lowest BCUT2D eigenvalue weighted by Gasteiger charge is -2.38. The van der Waals surface area contributed by atoms with Crippen LogP contribution in [0.1, 0.15) is 52.2 Å². The van der Waals surface area contributed by atoms with Crippen molar-refractivity contribution < 1.29 is 24.1 Å². The second kappa shape index (κ2) is 6.41. The highest BCUT2D eigenvalue weighted by atomic mass is 16.6. The molecule has 1 aromatic rings. The number of benzene rings is 1. The van der Waals surface area contributed by atoms with Gasteiger partial charge < -0.3 is 24.2 Å². The van der Waals surface area contributed by atoms with Crippen molar-refractivity contribution in [3.05, 3.63) is 23.8 Å². The van der Waals surface area contributed by atoms with Gasteiger partial charge in [0.25, 0.3) is 0 Å². The fraction of sp³-hybridized carbons (Fsp3) is 0.632. The molecule has 2 heterocycles. The van der Waals surface area contributed by atoms with Crippen LogP contribution in [0.2, 0.25) is 0 Å². The van der Waals surface area contributed by atoms with Gasteiger partial charge in [0.2, 0.25) is 0 Å². The molecule has 1 aromatic carbocycles. The van der Waals surface area contributed by atoms with Crippen molar-refractivity contribution in [1.82, 2.24) is 4.90 Å². The number of rotatable bonds is 2. The maximum atomic E-state index is 12.3. The molecule has 6 nitrogen and oxygen atoms in total. The highest BCUT2D eigenvalue weighted by molar-refractivity contribution is 5.68. The van der Waals surface area contributed by atoms with E-state index >= 15 is 0 Å². The fourth-order valence-corrected chi connectivity index (χ4v) is 3.45. The molecule has 2 aliphatic heterocycles. The Morgan fingerprint density at radius 2 is 2.20 bits per heavy atom. The highest BCUT2D eigenvalue weighted by Gasteiger charge is 2.47. The van der Waals surface area contributed by atoms with Crippen molar-refractivity contribution in [1.29, 1.82) is 0 Å². The minimum atomic E-state index is -0.613. The van der Waals surface area contributed by atoms with Crippen molar-refractivity contribution in [2.75, 3.05) is 19.7 Å². The number of aliphatic hydroxyl groups excluding tert-OH is 1. The normalized spacial score (nSPS) is 25.5. The maximum absolute atomic E-state index is 12.3. The van der Waals surface area contributed by atoms with E-state index in [2.05, 4.69) is 0 Å². The number of hydrogen-bond donors (Lipinski definition) is 1. The second-order valence-corrected chi connectivity index (χ2v) is 7.79. The summed E-state index contributed by atoms with van der Waals surface area (Å²) in [6.45, 7) is 9.01. The Bertz CT molecular complexity index is 654. The number of nitrogens with zero attached hydrogens (tertiary/aromatic N) is 1. The number of aliphatic hydroxyl groups is 1. The average Bonchev–Trinajstić information content (AvgIpc) is 2.89. The number of amides is 1. The van der Waals surface area contributed by atoms with Crippen molar-refractivity contribution in [2.45, 2.75) is 57.8 Å². The number of likely N-dealkylation sites (tertiary alicyclic amines) is 1. The summed E-state index contributed by atoms with van der Waals surface area (Å²) in [5.74, 6) is 1.35. The molecule has 1 N–H and O–H groups in total. The van der Waals surface area contributed by atoms with Gasteiger partial charge in [-0.2, -0.15) is 0 Å². The van der Waals surface area contributed by atoms with Crippen LogP contribution in [0.25, 0.3) is 0 Å². The van der Waals surface area contributed by atoms with Gasteiger partial charge in [0, 0.05) is 31.0 Å².